The average molecular weight is 538 g/mol. The second kappa shape index (κ2) is 20.5. The van der Waals surface area contributed by atoms with Crippen molar-refractivity contribution in [1.29, 1.82) is 0 Å². The van der Waals surface area contributed by atoms with Crippen LogP contribution in [0.4, 0.5) is 0 Å². The zero-order valence-electron chi connectivity index (χ0n) is 18.4. The Morgan fingerprint density at radius 1 is 0.706 bits per heavy atom. The lowest BCUT2D eigenvalue weighted by Gasteiger charge is -2.36. The Morgan fingerprint density at radius 2 is 1.15 bits per heavy atom. The van der Waals surface area contributed by atoms with Crippen LogP contribution in [0.5, 0.6) is 5.75 Å². The van der Waals surface area contributed by atoms with Crippen molar-refractivity contribution in [2.75, 3.05) is 52.9 Å². The number of aliphatic hydroxyl groups is 6. The molecule has 1 aromatic carbocycles. The van der Waals surface area contributed by atoms with Crippen LogP contribution in [-0.4, -0.2) is 119 Å². The molecule has 1 rings (SSSR count). The molecule has 12 N–H and O–H groups in total. The third kappa shape index (κ3) is 16.1. The Balaban J connectivity index is 0. The Bertz CT molecular complexity index is 553. The van der Waals surface area contributed by atoms with E-state index in [9.17, 15) is 30.6 Å². The summed E-state index contributed by atoms with van der Waals surface area (Å²) in [4.78, 5) is 43.4. The van der Waals surface area contributed by atoms with Gasteiger partial charge in [0.1, 0.15) is 5.75 Å². The molecule has 0 bridgehead atoms. The lowest BCUT2D eigenvalue weighted by molar-refractivity contribution is -0.129. The molecule has 1 atom stereocenters. The van der Waals surface area contributed by atoms with E-state index in [4.69, 9.17) is 38.8 Å². The van der Waals surface area contributed by atoms with Gasteiger partial charge in [0, 0.05) is 6.42 Å². The van der Waals surface area contributed by atoms with Gasteiger partial charge < -0.3 is 69.5 Å². The first-order valence-corrected chi connectivity index (χ1v) is 12.1. The van der Waals surface area contributed by atoms with Crippen molar-refractivity contribution < 1.29 is 69.5 Å². The average Bonchev–Trinajstić information content (AvgIpc) is 2.80. The topological polar surface area (TPSA) is 261 Å². The number of hydrogen-bond donors (Lipinski definition) is 12. The van der Waals surface area contributed by atoms with Gasteiger partial charge in [-0.15, -0.1) is 0 Å². The number of ether oxygens (including phenoxy) is 2. The first-order chi connectivity index (χ1) is 16.0. The molecule has 0 amide bonds. The van der Waals surface area contributed by atoms with Gasteiger partial charge in [-0.1, -0.05) is 18.2 Å². The second-order valence-corrected chi connectivity index (χ2v) is 8.22. The van der Waals surface area contributed by atoms with Crippen LogP contribution < -0.4 is 4.74 Å². The molecular formula is C18H36O14P2. The van der Waals surface area contributed by atoms with E-state index < -0.39 is 67.2 Å². The third-order valence-corrected chi connectivity index (χ3v) is 4.54. The summed E-state index contributed by atoms with van der Waals surface area (Å²) in [5.41, 5.74) is -2.55. The molecular weight excluding hydrogens is 502 g/mol. The van der Waals surface area contributed by atoms with Crippen LogP contribution in [0.1, 0.15) is 6.42 Å². The molecule has 0 aliphatic carbocycles. The van der Waals surface area contributed by atoms with Crippen LogP contribution >= 0.6 is 17.2 Å². The minimum Gasteiger partial charge on any atom is -0.493 e. The van der Waals surface area contributed by atoms with E-state index in [0.29, 0.717) is 5.75 Å². The fourth-order valence-corrected chi connectivity index (χ4v) is 2.32. The molecule has 0 saturated heterocycles. The highest BCUT2D eigenvalue weighted by atomic mass is 31.2. The lowest BCUT2D eigenvalue weighted by Crippen LogP contribution is -2.48. The van der Waals surface area contributed by atoms with Crippen molar-refractivity contribution in [3.63, 3.8) is 0 Å². The predicted molar refractivity (Wildman–Crippen MR) is 121 cm³/mol. The molecule has 0 spiro atoms. The van der Waals surface area contributed by atoms with Crippen LogP contribution in [0.15, 0.2) is 30.3 Å². The molecule has 16 heteroatoms. The van der Waals surface area contributed by atoms with Crippen LogP contribution in [0, 0.1) is 10.8 Å². The number of benzene rings is 1. The highest BCUT2D eigenvalue weighted by Gasteiger charge is 2.39. The largest absolute Gasteiger partial charge is 0.493 e. The summed E-state index contributed by atoms with van der Waals surface area (Å²) < 4.78 is 10.9. The van der Waals surface area contributed by atoms with Crippen LogP contribution in [0.2, 0.25) is 0 Å². The van der Waals surface area contributed by atoms with E-state index in [1.807, 2.05) is 18.2 Å². The van der Waals surface area contributed by atoms with Crippen molar-refractivity contribution in [3.05, 3.63) is 30.3 Å². The van der Waals surface area contributed by atoms with E-state index in [1.54, 1.807) is 12.1 Å². The van der Waals surface area contributed by atoms with E-state index in [-0.39, 0.29) is 26.2 Å². The van der Waals surface area contributed by atoms with Crippen molar-refractivity contribution in [1.82, 2.24) is 0 Å². The molecule has 34 heavy (non-hydrogen) atoms. The van der Waals surface area contributed by atoms with Gasteiger partial charge in [-0.05, 0) is 12.1 Å². The SMILES string of the molecule is OCC(CO)(CO)COCC(CO)(CO)C(O)CCOc1ccccc1.OP(O)O.OP(O)O. The molecule has 14 nitrogen and oxygen atoms in total. The van der Waals surface area contributed by atoms with Gasteiger partial charge in [-0.2, -0.15) is 0 Å². The second-order valence-electron chi connectivity index (χ2n) is 7.15. The number of rotatable bonds is 14. The molecule has 0 aliphatic heterocycles. The molecule has 0 radical (unpaired) electrons. The normalized spacial score (nSPS) is 12.5. The fraction of sp³-hybridized carbons (Fsp3) is 0.667. The lowest BCUT2D eigenvalue weighted by atomic mass is 9.82. The summed E-state index contributed by atoms with van der Waals surface area (Å²) >= 11 is 0. The van der Waals surface area contributed by atoms with Gasteiger partial charge in [0.2, 0.25) is 0 Å². The summed E-state index contributed by atoms with van der Waals surface area (Å²) in [5.74, 6) is 0.646. The first-order valence-electron chi connectivity index (χ1n) is 9.69. The Labute approximate surface area is 199 Å². The van der Waals surface area contributed by atoms with Crippen LogP contribution in [0.25, 0.3) is 0 Å². The van der Waals surface area contributed by atoms with Crippen molar-refractivity contribution in [2.24, 2.45) is 10.8 Å². The summed E-state index contributed by atoms with van der Waals surface area (Å²) in [5, 5.41) is 57.6. The third-order valence-electron chi connectivity index (χ3n) is 4.54. The van der Waals surface area contributed by atoms with Gasteiger partial charge in [-0.3, -0.25) is 0 Å². The van der Waals surface area contributed by atoms with E-state index in [2.05, 4.69) is 0 Å². The molecule has 0 aliphatic rings. The molecule has 0 fully saturated rings. The maximum absolute atomic E-state index is 10.4. The van der Waals surface area contributed by atoms with Gasteiger partial charge >= 0.3 is 17.2 Å². The first kappa shape index (κ1) is 35.5. The summed E-state index contributed by atoms with van der Waals surface area (Å²) in [6, 6.07) is 9.05. The van der Waals surface area contributed by atoms with E-state index in [1.165, 1.54) is 0 Å². The molecule has 0 saturated carbocycles. The Hall–Kier alpha value is -0.640. The summed E-state index contributed by atoms with van der Waals surface area (Å²) in [6.07, 6.45) is -0.946. The van der Waals surface area contributed by atoms with Crippen LogP contribution in [0.3, 0.4) is 0 Å². The standard InChI is InChI=1S/C18H30O8.2H3O3P/c19-8-17(9-20,10-21)13-25-14-18(11-22,12-23)16(24)6-7-26-15-4-2-1-3-5-15;2*1-4(2)3/h1-5,16,19-24H,6-14H2;2*1-3H. The van der Waals surface area contributed by atoms with Gasteiger partial charge in [0.05, 0.1) is 69.8 Å². The predicted octanol–water partition coefficient (Wildman–Crippen LogP) is -2.85. The van der Waals surface area contributed by atoms with Crippen LogP contribution in [-0.2, 0) is 4.74 Å². The highest BCUT2D eigenvalue weighted by Crippen LogP contribution is 2.26. The summed E-state index contributed by atoms with van der Waals surface area (Å²) in [7, 11) is -5.24. The zero-order chi connectivity index (χ0) is 26.6. The quantitative estimate of drug-likeness (QED) is 0.106. The monoisotopic (exact) mass is 538 g/mol. The molecule has 1 unspecified atom stereocenters. The molecule has 0 heterocycles. The maximum Gasteiger partial charge on any atom is 0.324 e. The van der Waals surface area contributed by atoms with E-state index in [0.717, 1.165) is 0 Å². The number of aliphatic hydroxyl groups excluding tert-OH is 6. The highest BCUT2D eigenvalue weighted by molar-refractivity contribution is 7.38. The molecule has 1 aromatic rings. The van der Waals surface area contributed by atoms with Gasteiger partial charge in [0.15, 0.2) is 0 Å². The molecule has 202 valence electrons. The minimum atomic E-state index is -2.62. The maximum atomic E-state index is 10.4. The molecule has 0 aromatic heterocycles. The number of para-hydroxylation sites is 1. The smallest absolute Gasteiger partial charge is 0.324 e. The van der Waals surface area contributed by atoms with Gasteiger partial charge in [-0.25, -0.2) is 0 Å². The van der Waals surface area contributed by atoms with Crippen molar-refractivity contribution in [3.8, 4) is 5.75 Å². The van der Waals surface area contributed by atoms with Gasteiger partial charge in [0.25, 0.3) is 0 Å². The minimum absolute atomic E-state index is 0.157. The van der Waals surface area contributed by atoms with Crippen molar-refractivity contribution >= 4 is 17.2 Å². The zero-order valence-corrected chi connectivity index (χ0v) is 20.2. The fourth-order valence-electron chi connectivity index (χ4n) is 2.32. The summed E-state index contributed by atoms with van der Waals surface area (Å²) in [6.45, 7) is -2.74. The van der Waals surface area contributed by atoms with E-state index >= 15 is 0 Å². The Morgan fingerprint density at radius 3 is 1.53 bits per heavy atom. The van der Waals surface area contributed by atoms with Crippen molar-refractivity contribution in [2.45, 2.75) is 12.5 Å². The Kier molecular flexibility index (Phi) is 21.5. The number of hydrogen-bond acceptors (Lipinski definition) is 14.